The van der Waals surface area contributed by atoms with Crippen LogP contribution in [0.4, 0.5) is 4.39 Å². The molecule has 2 N–H and O–H groups in total. The van der Waals surface area contributed by atoms with Crippen molar-refractivity contribution in [2.45, 2.75) is 64.2 Å². The third-order valence-electron chi connectivity index (χ3n) is 7.84. The largest absolute Gasteiger partial charge is 0.458 e. The maximum Gasteiger partial charge on any atom is 0.342 e. The monoisotopic (exact) mass is 464 g/mol. The Hall–Kier alpha value is -3.10. The van der Waals surface area contributed by atoms with E-state index in [4.69, 9.17) is 9.72 Å². The van der Waals surface area contributed by atoms with Gasteiger partial charge in [0, 0.05) is 29.2 Å². The Bertz CT molecular complexity index is 1470. The molecule has 1 aliphatic carbocycles. The van der Waals surface area contributed by atoms with Crippen molar-refractivity contribution in [1.82, 2.24) is 9.55 Å². The number of halogens is 1. The summed E-state index contributed by atoms with van der Waals surface area (Å²) >= 11 is 0. The second kappa shape index (κ2) is 7.20. The van der Waals surface area contributed by atoms with Crippen molar-refractivity contribution >= 4 is 16.9 Å². The fraction of sp³-hybridized carbons (Fsp3) is 0.423. The van der Waals surface area contributed by atoms with E-state index in [-0.39, 0.29) is 41.6 Å². The van der Waals surface area contributed by atoms with Gasteiger partial charge in [0.1, 0.15) is 12.4 Å². The van der Waals surface area contributed by atoms with E-state index < -0.39 is 11.6 Å². The molecule has 8 heteroatoms. The van der Waals surface area contributed by atoms with Gasteiger partial charge in [-0.15, -0.1) is 0 Å². The fourth-order valence-corrected chi connectivity index (χ4v) is 6.03. The van der Waals surface area contributed by atoms with Crippen molar-refractivity contribution in [3.05, 3.63) is 61.7 Å². The number of hydrogen-bond donors (Lipinski definition) is 2. The lowest BCUT2D eigenvalue weighted by molar-refractivity contribution is -0.169. The number of carbonyl (C=O) groups excluding carboxylic acids is 1. The Labute approximate surface area is 194 Å². The number of carbonyl (C=O) groups is 1. The fourth-order valence-electron chi connectivity index (χ4n) is 6.03. The first-order chi connectivity index (χ1) is 16.2. The van der Waals surface area contributed by atoms with E-state index in [1.54, 1.807) is 17.6 Å². The van der Waals surface area contributed by atoms with Crippen molar-refractivity contribution in [1.29, 1.82) is 0 Å². The molecule has 34 heavy (non-hydrogen) atoms. The molecule has 2 aliphatic heterocycles. The van der Waals surface area contributed by atoms with Crippen molar-refractivity contribution in [3.63, 3.8) is 0 Å². The van der Waals surface area contributed by atoms with Crippen LogP contribution in [0.1, 0.15) is 65.5 Å². The van der Waals surface area contributed by atoms with Crippen LogP contribution in [0.2, 0.25) is 0 Å². The van der Waals surface area contributed by atoms with Crippen molar-refractivity contribution in [2.75, 3.05) is 6.61 Å². The van der Waals surface area contributed by atoms with Crippen molar-refractivity contribution in [2.24, 2.45) is 0 Å². The Morgan fingerprint density at radius 1 is 1.26 bits per heavy atom. The zero-order chi connectivity index (χ0) is 23.9. The van der Waals surface area contributed by atoms with Gasteiger partial charge in [-0.2, -0.15) is 0 Å². The van der Waals surface area contributed by atoms with Crippen LogP contribution in [-0.4, -0.2) is 32.3 Å². The van der Waals surface area contributed by atoms with Gasteiger partial charge in [-0.05, 0) is 68.2 Å². The summed E-state index contributed by atoms with van der Waals surface area (Å²) in [5.41, 5.74) is 3.49. The Morgan fingerprint density at radius 3 is 2.82 bits per heavy atom. The average Bonchev–Trinajstić information content (AvgIpc) is 3.18. The first-order valence-electron chi connectivity index (χ1n) is 11.7. The molecule has 7 nitrogen and oxygen atoms in total. The van der Waals surface area contributed by atoms with Gasteiger partial charge < -0.3 is 19.5 Å². The van der Waals surface area contributed by atoms with Crippen molar-refractivity contribution < 1.29 is 24.1 Å². The highest BCUT2D eigenvalue weighted by Gasteiger charge is 2.43. The molecule has 3 aromatic rings. The number of pyridine rings is 2. The molecule has 4 heterocycles. The Kier molecular flexibility index (Phi) is 4.54. The lowest BCUT2D eigenvalue weighted by Crippen LogP contribution is -2.42. The van der Waals surface area contributed by atoms with Gasteiger partial charge in [-0.25, -0.2) is 14.2 Å². The molecule has 2 unspecified atom stereocenters. The number of benzene rings is 1. The molecule has 1 aromatic carbocycles. The summed E-state index contributed by atoms with van der Waals surface area (Å²) in [5.74, 6) is -0.937. The van der Waals surface area contributed by atoms with Crippen LogP contribution in [0.5, 0.6) is 0 Å². The van der Waals surface area contributed by atoms with Gasteiger partial charge in [0.2, 0.25) is 0 Å². The molecule has 2 aromatic heterocycles. The minimum absolute atomic E-state index is 0.0950. The number of cyclic esters (lactones) is 1. The summed E-state index contributed by atoms with van der Waals surface area (Å²) < 4.78 is 21.5. The number of aromatic nitrogens is 2. The highest BCUT2D eigenvalue weighted by Crippen LogP contribution is 2.47. The number of aliphatic hydroxyl groups excluding tert-OH is 1. The SMILES string of the molecule is Cc1c(F)cc2nc3c(c4c2c1CCC4CCCO)Cn1c-3cc2c(c1=O)COC(=O)C2(C)O. The molecule has 0 amide bonds. The highest BCUT2D eigenvalue weighted by molar-refractivity contribution is 5.93. The standard InChI is InChI=1S/C26H25FN2O5/c1-12-14-6-5-13(4-3-7-30)21-15-10-29-20(23(15)28-19(22(14)21)9-18(12)27)8-17-16(24(29)31)11-34-25(32)26(17,2)33/h8-9,13,30,33H,3-7,10-11H2,1-2H3. The van der Waals surface area contributed by atoms with Gasteiger partial charge >= 0.3 is 5.97 Å². The van der Waals surface area contributed by atoms with Gasteiger partial charge in [0.05, 0.1) is 29.0 Å². The van der Waals surface area contributed by atoms with E-state index >= 15 is 0 Å². The molecule has 3 aliphatic rings. The van der Waals surface area contributed by atoms with Crippen LogP contribution in [-0.2, 0) is 34.7 Å². The van der Waals surface area contributed by atoms with E-state index in [0.717, 1.165) is 41.3 Å². The highest BCUT2D eigenvalue weighted by atomic mass is 19.1. The van der Waals surface area contributed by atoms with Gasteiger partial charge in [-0.3, -0.25) is 4.79 Å². The van der Waals surface area contributed by atoms with Crippen LogP contribution in [0, 0.1) is 12.7 Å². The minimum Gasteiger partial charge on any atom is -0.458 e. The molecule has 6 rings (SSSR count). The van der Waals surface area contributed by atoms with E-state index in [1.165, 1.54) is 13.0 Å². The smallest absolute Gasteiger partial charge is 0.342 e. The van der Waals surface area contributed by atoms with Crippen LogP contribution in [0.25, 0.3) is 22.3 Å². The number of hydrogen-bond acceptors (Lipinski definition) is 6. The summed E-state index contributed by atoms with van der Waals surface area (Å²) in [4.78, 5) is 30.5. The van der Waals surface area contributed by atoms with Crippen LogP contribution >= 0.6 is 0 Å². The summed E-state index contributed by atoms with van der Waals surface area (Å²) in [7, 11) is 0. The Balaban J connectivity index is 1.66. The second-order valence-electron chi connectivity index (χ2n) is 9.77. The van der Waals surface area contributed by atoms with Gasteiger partial charge in [0.15, 0.2) is 5.60 Å². The summed E-state index contributed by atoms with van der Waals surface area (Å²) in [6.45, 7) is 3.35. The Morgan fingerprint density at radius 2 is 2.06 bits per heavy atom. The number of esters is 1. The number of nitrogens with zero attached hydrogens (tertiary/aromatic N) is 2. The topological polar surface area (TPSA) is 102 Å². The predicted molar refractivity (Wildman–Crippen MR) is 122 cm³/mol. The molecule has 0 bridgehead atoms. The molecule has 0 spiro atoms. The number of aliphatic hydroxyl groups is 2. The van der Waals surface area contributed by atoms with Crippen LogP contribution in [0.15, 0.2) is 16.9 Å². The quantitative estimate of drug-likeness (QED) is 0.452. The third-order valence-corrected chi connectivity index (χ3v) is 7.84. The van der Waals surface area contributed by atoms with E-state index in [9.17, 15) is 24.2 Å². The normalized spacial score (nSPS) is 22.4. The molecular formula is C26H25FN2O5. The minimum atomic E-state index is -1.93. The van der Waals surface area contributed by atoms with Crippen molar-refractivity contribution in [3.8, 4) is 11.4 Å². The lowest BCUT2D eigenvalue weighted by atomic mass is 9.76. The number of ether oxygens (including phenoxy) is 1. The number of rotatable bonds is 3. The zero-order valence-electron chi connectivity index (χ0n) is 19.1. The van der Waals surface area contributed by atoms with E-state index in [1.807, 2.05) is 0 Å². The molecular weight excluding hydrogens is 439 g/mol. The van der Waals surface area contributed by atoms with Gasteiger partial charge in [0.25, 0.3) is 5.56 Å². The summed E-state index contributed by atoms with van der Waals surface area (Å²) in [6, 6.07) is 3.12. The molecule has 0 saturated heterocycles. The molecule has 0 radical (unpaired) electrons. The summed E-state index contributed by atoms with van der Waals surface area (Å²) in [6.07, 6.45) is 3.02. The maximum absolute atomic E-state index is 14.8. The van der Waals surface area contributed by atoms with Gasteiger partial charge in [-0.1, -0.05) is 0 Å². The van der Waals surface area contributed by atoms with E-state index in [0.29, 0.717) is 35.4 Å². The third kappa shape index (κ3) is 2.72. The average molecular weight is 464 g/mol. The van der Waals surface area contributed by atoms with E-state index in [2.05, 4.69) is 0 Å². The predicted octanol–water partition coefficient (Wildman–Crippen LogP) is 2.94. The second-order valence-corrected chi connectivity index (χ2v) is 9.77. The number of fused-ring (bicyclic) bond motifs is 5. The first kappa shape index (κ1) is 21.4. The first-order valence-corrected chi connectivity index (χ1v) is 11.7. The molecule has 0 saturated carbocycles. The molecule has 0 fully saturated rings. The molecule has 2 atom stereocenters. The van der Waals surface area contributed by atoms with Crippen LogP contribution < -0.4 is 5.56 Å². The van der Waals surface area contributed by atoms with Crippen LogP contribution in [0.3, 0.4) is 0 Å². The maximum atomic E-state index is 14.8. The number of aryl methyl sites for hydroxylation is 1. The summed E-state index contributed by atoms with van der Waals surface area (Å²) in [5, 5.41) is 21.2. The molecule has 176 valence electrons. The zero-order valence-corrected chi connectivity index (χ0v) is 19.1. The lowest BCUT2D eigenvalue weighted by Gasteiger charge is -2.29.